The summed E-state index contributed by atoms with van der Waals surface area (Å²) in [4.78, 5) is 62.8. The number of aliphatic hydroxyl groups excluding tert-OH is 1. The maximum Gasteiger partial charge on any atom is 0.246 e. The second-order valence-electron chi connectivity index (χ2n) is 18.4. The number of fused-ring (bicyclic) bond motifs is 3. The van der Waals surface area contributed by atoms with Crippen LogP contribution in [0.5, 0.6) is 0 Å². The quantitative estimate of drug-likeness (QED) is 0.0739. The molecule has 356 valence electrons. The monoisotopic (exact) mass is 950 g/mol. The third-order valence-corrected chi connectivity index (χ3v) is 14.4. The van der Waals surface area contributed by atoms with Crippen molar-refractivity contribution in [1.82, 2.24) is 35.6 Å². The van der Waals surface area contributed by atoms with Crippen molar-refractivity contribution in [2.75, 3.05) is 39.5 Å². The lowest BCUT2D eigenvalue weighted by molar-refractivity contribution is -0.144. The Morgan fingerprint density at radius 1 is 0.881 bits per heavy atom. The van der Waals surface area contributed by atoms with Crippen LogP contribution in [0.4, 0.5) is 0 Å². The van der Waals surface area contributed by atoms with E-state index < -0.39 is 41.5 Å². The van der Waals surface area contributed by atoms with Crippen LogP contribution in [0.15, 0.2) is 65.0 Å². The van der Waals surface area contributed by atoms with Gasteiger partial charge in [-0.25, -0.2) is 0 Å². The van der Waals surface area contributed by atoms with E-state index in [4.69, 9.17) is 14.5 Å². The first-order valence-corrected chi connectivity index (χ1v) is 24.5. The van der Waals surface area contributed by atoms with Crippen molar-refractivity contribution in [1.29, 1.82) is 0 Å². The van der Waals surface area contributed by atoms with E-state index in [1.54, 1.807) is 22.7 Å². The number of amides is 4. The Kier molecular flexibility index (Phi) is 15.9. The van der Waals surface area contributed by atoms with E-state index in [1.165, 1.54) is 20.2 Å². The third-order valence-electron chi connectivity index (χ3n) is 12.2. The summed E-state index contributed by atoms with van der Waals surface area (Å²) in [5.74, 6) is -0.106. The van der Waals surface area contributed by atoms with Crippen LogP contribution in [0.25, 0.3) is 15.4 Å². The van der Waals surface area contributed by atoms with E-state index in [2.05, 4.69) is 89.6 Å². The summed E-state index contributed by atoms with van der Waals surface area (Å²) in [5.41, 5.74) is 7.67. The summed E-state index contributed by atoms with van der Waals surface area (Å²) in [5, 5.41) is 31.2. The number of carbonyl (C=O) groups excluding carboxylic acids is 4. The molecule has 3 aromatic heterocycles. The number of ether oxygens (including phenoxy) is 2. The fourth-order valence-electron chi connectivity index (χ4n) is 8.35. The van der Waals surface area contributed by atoms with Crippen LogP contribution >= 0.6 is 22.7 Å². The summed E-state index contributed by atoms with van der Waals surface area (Å²) < 4.78 is 13.4. The van der Waals surface area contributed by atoms with E-state index in [-0.39, 0.29) is 57.6 Å². The van der Waals surface area contributed by atoms with E-state index in [9.17, 15) is 24.3 Å². The van der Waals surface area contributed by atoms with Gasteiger partial charge in [-0.15, -0.1) is 32.9 Å². The van der Waals surface area contributed by atoms with Crippen LogP contribution in [0.2, 0.25) is 0 Å². The number of benzene rings is 2. The zero-order chi connectivity index (χ0) is 48.0. The first kappa shape index (κ1) is 49.3. The number of carbonyl (C=O) groups is 4. The van der Waals surface area contributed by atoms with Gasteiger partial charge in [0.15, 0.2) is 5.82 Å². The van der Waals surface area contributed by atoms with Gasteiger partial charge >= 0.3 is 0 Å². The number of nitrogens with zero attached hydrogens (tertiary/aromatic N) is 5. The molecule has 5 aromatic rings. The lowest BCUT2D eigenvalue weighted by atomic mass is 9.85. The molecule has 15 nitrogen and oxygen atoms in total. The Balaban J connectivity index is 0.832. The minimum absolute atomic E-state index is 0.0153. The summed E-state index contributed by atoms with van der Waals surface area (Å²) >= 11 is 3.36. The van der Waals surface area contributed by atoms with Crippen LogP contribution in [0.1, 0.15) is 96.0 Å². The molecule has 4 amide bonds. The van der Waals surface area contributed by atoms with Crippen molar-refractivity contribution in [2.45, 2.75) is 105 Å². The summed E-state index contributed by atoms with van der Waals surface area (Å²) in [6.45, 7) is 16.9. The van der Waals surface area contributed by atoms with Gasteiger partial charge in [-0.05, 0) is 80.2 Å². The minimum atomic E-state index is -0.967. The van der Waals surface area contributed by atoms with Crippen molar-refractivity contribution in [3.05, 3.63) is 110 Å². The lowest BCUT2D eigenvalue weighted by Gasteiger charge is -2.35. The van der Waals surface area contributed by atoms with Crippen LogP contribution in [0, 0.1) is 40.0 Å². The van der Waals surface area contributed by atoms with Gasteiger partial charge in [0.1, 0.15) is 35.6 Å². The molecule has 4 atom stereocenters. The predicted octanol–water partition coefficient (Wildman–Crippen LogP) is 6.23. The molecule has 7 rings (SSSR count). The normalized spacial score (nSPS) is 17.3. The van der Waals surface area contributed by atoms with Crippen LogP contribution in [-0.4, -0.2) is 112 Å². The number of rotatable bonds is 18. The molecule has 0 bridgehead atoms. The second-order valence-corrected chi connectivity index (χ2v) is 20.6. The number of nitrogens with one attached hydrogen (secondary N) is 3. The summed E-state index contributed by atoms with van der Waals surface area (Å²) in [6.07, 6.45) is -0.188. The Hall–Kier alpha value is -5.59. The highest BCUT2D eigenvalue weighted by Crippen LogP contribution is 2.39. The largest absolute Gasteiger partial charge is 0.391 e. The highest BCUT2D eigenvalue weighted by Gasteiger charge is 2.44. The van der Waals surface area contributed by atoms with Crippen molar-refractivity contribution in [3.63, 3.8) is 0 Å². The number of β-amino-alcohol motifs (C(OH)–C–C–N with tert-alkyl or cyclic N) is 1. The van der Waals surface area contributed by atoms with Gasteiger partial charge in [-0.3, -0.25) is 28.7 Å². The minimum Gasteiger partial charge on any atom is -0.391 e. The van der Waals surface area contributed by atoms with E-state index in [1.807, 2.05) is 56.5 Å². The fourth-order valence-corrected chi connectivity index (χ4v) is 10.5. The molecule has 2 aliphatic heterocycles. The van der Waals surface area contributed by atoms with Gasteiger partial charge in [0.05, 0.1) is 24.8 Å². The third kappa shape index (κ3) is 11.8. The molecule has 4 N–H and O–H groups in total. The number of hydrogen-bond acceptors (Lipinski definition) is 12. The molecule has 67 heavy (non-hydrogen) atoms. The molecule has 1 saturated heterocycles. The summed E-state index contributed by atoms with van der Waals surface area (Å²) in [7, 11) is 0. The molecular formula is C50H62N8O7S2. The Labute approximate surface area is 400 Å². The first-order valence-electron chi connectivity index (χ1n) is 22.8. The van der Waals surface area contributed by atoms with Gasteiger partial charge < -0.3 is 35.4 Å². The SMILES string of the molecule is Cc1ccc(C2=NC(CC(=O)NCCOCCCOCC(=O)N[C@H](C(=O)N3CC(O)C[C@H]3C(=O)NCc3ccc(-c4sccc4C)cc3)C(C)(C)C)c3nnc(C)n3-c3sc(C)c(C)c32)cc1. The topological polar surface area (TPSA) is 189 Å². The molecule has 2 unspecified atom stereocenters. The van der Waals surface area contributed by atoms with Gasteiger partial charge in [0.25, 0.3) is 0 Å². The molecule has 17 heteroatoms. The average molecular weight is 951 g/mol. The molecule has 2 aromatic carbocycles. The van der Waals surface area contributed by atoms with E-state index in [0.29, 0.717) is 25.4 Å². The fraction of sp³-hybridized carbons (Fsp3) is 0.460. The highest BCUT2D eigenvalue weighted by atomic mass is 32.1. The van der Waals surface area contributed by atoms with Crippen LogP contribution in [0.3, 0.4) is 0 Å². The first-order chi connectivity index (χ1) is 32.0. The van der Waals surface area contributed by atoms with E-state index in [0.717, 1.165) is 49.9 Å². The molecular weight excluding hydrogens is 889 g/mol. The number of hydrogen-bond donors (Lipinski definition) is 4. The van der Waals surface area contributed by atoms with Crippen molar-refractivity contribution >= 4 is 52.0 Å². The van der Waals surface area contributed by atoms with Crippen molar-refractivity contribution < 1.29 is 33.8 Å². The number of aliphatic imine (C=N–C) groups is 1. The maximum atomic E-state index is 14.0. The lowest BCUT2D eigenvalue weighted by Crippen LogP contribution is -2.58. The Morgan fingerprint density at radius 2 is 1.60 bits per heavy atom. The van der Waals surface area contributed by atoms with Crippen LogP contribution in [-0.2, 0) is 35.2 Å². The summed E-state index contributed by atoms with van der Waals surface area (Å²) in [6, 6.07) is 16.0. The number of aliphatic hydroxyl groups is 1. The highest BCUT2D eigenvalue weighted by molar-refractivity contribution is 7.15. The molecule has 1 fully saturated rings. The van der Waals surface area contributed by atoms with E-state index >= 15 is 0 Å². The molecule has 0 saturated carbocycles. The standard InChI is InChI=1S/C50H62N8O7S2/c1-29-10-14-35(15-11-29)43-42-31(3)32(4)67-49(42)58-33(5)55-56-46(58)38(53-43)25-40(60)51-19-22-64-20-9-21-65-28-41(61)54-45(50(6,7)8)48(63)57-27-37(59)24-39(57)47(62)52-26-34-12-16-36(17-13-34)44-30(2)18-23-66-44/h10-18,23,37-39,45,59H,9,19-22,24-28H2,1-8H3,(H,51,60)(H,52,62)(H,54,61)/t37?,38?,39-,45+/m0/s1. The van der Waals surface area contributed by atoms with Crippen molar-refractivity contribution in [2.24, 2.45) is 10.4 Å². The van der Waals surface area contributed by atoms with Crippen LogP contribution < -0.4 is 16.0 Å². The number of likely N-dealkylation sites (tertiary alicyclic amines) is 1. The van der Waals surface area contributed by atoms with Gasteiger partial charge in [0.2, 0.25) is 23.6 Å². The molecule has 5 heterocycles. The molecule has 0 radical (unpaired) electrons. The zero-order valence-electron chi connectivity index (χ0n) is 39.6. The number of aromatic nitrogens is 3. The molecule has 0 aliphatic carbocycles. The van der Waals surface area contributed by atoms with Gasteiger partial charge in [-0.1, -0.05) is 74.9 Å². The Bertz CT molecular complexity index is 2590. The average Bonchev–Trinajstić information content (AvgIpc) is 4.06. The number of thiophene rings is 2. The smallest absolute Gasteiger partial charge is 0.246 e. The molecule has 0 spiro atoms. The maximum absolute atomic E-state index is 14.0. The second kappa shape index (κ2) is 21.6. The zero-order valence-corrected chi connectivity index (χ0v) is 41.2. The van der Waals surface area contributed by atoms with Crippen molar-refractivity contribution in [3.8, 4) is 15.4 Å². The number of aryl methyl sites for hydroxylation is 4. The Morgan fingerprint density at radius 3 is 2.30 bits per heavy atom. The van der Waals surface area contributed by atoms with Gasteiger partial charge in [-0.2, -0.15) is 0 Å². The predicted molar refractivity (Wildman–Crippen MR) is 261 cm³/mol. The molecule has 2 aliphatic rings. The van der Waals surface area contributed by atoms with Gasteiger partial charge in [0, 0.05) is 60.2 Å².